The van der Waals surface area contributed by atoms with Gasteiger partial charge in [-0.05, 0) is 67.5 Å². The summed E-state index contributed by atoms with van der Waals surface area (Å²) in [7, 11) is 0. The van der Waals surface area contributed by atoms with Crippen molar-refractivity contribution >= 4 is 5.57 Å². The number of fused-ring (bicyclic) bond motifs is 1. The number of nitrogens with one attached hydrogen (secondary N) is 1. The molecule has 0 aromatic carbocycles. The number of aryl methyl sites for hydroxylation is 1. The van der Waals surface area contributed by atoms with E-state index in [2.05, 4.69) is 29.4 Å². The highest BCUT2D eigenvalue weighted by molar-refractivity contribution is 5.66. The Labute approximate surface area is 96.8 Å². The second kappa shape index (κ2) is 4.02. The number of nitrogens with zero attached hydrogens (tertiary/aromatic N) is 1. The molecule has 1 aliphatic heterocycles. The van der Waals surface area contributed by atoms with Crippen molar-refractivity contribution in [2.24, 2.45) is 11.8 Å². The van der Waals surface area contributed by atoms with Crippen molar-refractivity contribution in [2.45, 2.75) is 19.8 Å². The van der Waals surface area contributed by atoms with Gasteiger partial charge in [-0.3, -0.25) is 4.98 Å². The third-order valence-electron chi connectivity index (χ3n) is 3.87. The first-order chi connectivity index (χ1) is 7.83. The van der Waals surface area contributed by atoms with Gasteiger partial charge in [-0.2, -0.15) is 0 Å². The van der Waals surface area contributed by atoms with Crippen LogP contribution in [0.15, 0.2) is 24.5 Å². The number of rotatable bonds is 1. The minimum Gasteiger partial charge on any atom is -0.316 e. The molecule has 2 nitrogen and oxygen atoms in total. The Balaban J connectivity index is 1.85. The number of pyridine rings is 1. The Morgan fingerprint density at radius 3 is 3.00 bits per heavy atom. The molecule has 0 spiro atoms. The van der Waals surface area contributed by atoms with E-state index in [-0.39, 0.29) is 0 Å². The van der Waals surface area contributed by atoms with Gasteiger partial charge in [0.2, 0.25) is 0 Å². The molecule has 1 saturated heterocycles. The van der Waals surface area contributed by atoms with Gasteiger partial charge in [-0.15, -0.1) is 0 Å². The average Bonchev–Trinajstić information content (AvgIpc) is 2.75. The first kappa shape index (κ1) is 10.0. The second-order valence-corrected chi connectivity index (χ2v) is 5.10. The summed E-state index contributed by atoms with van der Waals surface area (Å²) in [5.74, 6) is 1.72. The lowest BCUT2D eigenvalue weighted by atomic mass is 9.80. The molecule has 2 heteroatoms. The molecule has 2 aliphatic rings. The van der Waals surface area contributed by atoms with E-state index in [4.69, 9.17) is 0 Å². The van der Waals surface area contributed by atoms with Crippen molar-refractivity contribution in [3.63, 3.8) is 0 Å². The van der Waals surface area contributed by atoms with Gasteiger partial charge in [0.15, 0.2) is 0 Å². The standard InChI is InChI=1S/C14H18N2/c1-10-4-13(8-15-6-10)11-2-3-12-7-16-9-14(12)5-11/h2,4,6,8,12,14,16H,3,5,7,9H2,1H3/t12-,14+/m0/s1. The second-order valence-electron chi connectivity index (χ2n) is 5.10. The fourth-order valence-corrected chi connectivity index (χ4v) is 2.93. The van der Waals surface area contributed by atoms with Crippen LogP contribution < -0.4 is 5.32 Å². The number of hydrogen-bond donors (Lipinski definition) is 1. The molecule has 1 fully saturated rings. The third-order valence-corrected chi connectivity index (χ3v) is 3.87. The summed E-state index contributed by atoms with van der Waals surface area (Å²) in [6, 6.07) is 2.25. The molecule has 16 heavy (non-hydrogen) atoms. The van der Waals surface area contributed by atoms with E-state index in [0.717, 1.165) is 11.8 Å². The molecule has 1 aromatic heterocycles. The molecule has 3 rings (SSSR count). The van der Waals surface area contributed by atoms with Crippen LogP contribution in [0.3, 0.4) is 0 Å². The van der Waals surface area contributed by atoms with Gasteiger partial charge < -0.3 is 5.32 Å². The Kier molecular flexibility index (Phi) is 2.52. The van der Waals surface area contributed by atoms with Gasteiger partial charge in [0, 0.05) is 12.4 Å². The van der Waals surface area contributed by atoms with Gasteiger partial charge in [-0.1, -0.05) is 6.08 Å². The minimum atomic E-state index is 0.848. The van der Waals surface area contributed by atoms with E-state index in [1.807, 2.05) is 12.4 Å². The topological polar surface area (TPSA) is 24.9 Å². The summed E-state index contributed by atoms with van der Waals surface area (Å²) in [4.78, 5) is 4.29. The van der Waals surface area contributed by atoms with Gasteiger partial charge >= 0.3 is 0 Å². The molecule has 1 N–H and O–H groups in total. The van der Waals surface area contributed by atoms with Crippen LogP contribution >= 0.6 is 0 Å². The van der Waals surface area contributed by atoms with Crippen molar-refractivity contribution in [3.8, 4) is 0 Å². The van der Waals surface area contributed by atoms with E-state index in [1.54, 1.807) is 0 Å². The molecule has 1 aromatic rings. The zero-order valence-corrected chi connectivity index (χ0v) is 9.74. The van der Waals surface area contributed by atoms with Gasteiger partial charge in [0.25, 0.3) is 0 Å². The van der Waals surface area contributed by atoms with Crippen molar-refractivity contribution in [1.82, 2.24) is 10.3 Å². The van der Waals surface area contributed by atoms with E-state index in [1.165, 1.54) is 42.6 Å². The normalized spacial score (nSPS) is 28.7. The molecule has 0 unspecified atom stereocenters. The van der Waals surface area contributed by atoms with Gasteiger partial charge in [0.05, 0.1) is 0 Å². The van der Waals surface area contributed by atoms with Crippen LogP contribution in [0.4, 0.5) is 0 Å². The maximum absolute atomic E-state index is 4.29. The quantitative estimate of drug-likeness (QED) is 0.776. The van der Waals surface area contributed by atoms with Crippen LogP contribution in [-0.2, 0) is 0 Å². The van der Waals surface area contributed by atoms with Crippen LogP contribution in [0.5, 0.6) is 0 Å². The number of aromatic nitrogens is 1. The smallest absolute Gasteiger partial charge is 0.0343 e. The molecule has 1 aliphatic carbocycles. The molecular weight excluding hydrogens is 196 g/mol. The third kappa shape index (κ3) is 1.78. The first-order valence-electron chi connectivity index (χ1n) is 6.15. The van der Waals surface area contributed by atoms with Crippen molar-refractivity contribution < 1.29 is 0 Å². The van der Waals surface area contributed by atoms with Crippen LogP contribution in [0.25, 0.3) is 5.57 Å². The average molecular weight is 214 g/mol. The van der Waals surface area contributed by atoms with Crippen LogP contribution in [0, 0.1) is 18.8 Å². The molecule has 2 atom stereocenters. The summed E-state index contributed by atoms with van der Waals surface area (Å²) in [5, 5.41) is 3.50. The zero-order valence-electron chi connectivity index (χ0n) is 9.74. The van der Waals surface area contributed by atoms with Crippen LogP contribution in [0.2, 0.25) is 0 Å². The summed E-state index contributed by atoms with van der Waals surface area (Å²) in [6.45, 7) is 4.52. The van der Waals surface area contributed by atoms with E-state index < -0.39 is 0 Å². The van der Waals surface area contributed by atoms with Crippen molar-refractivity contribution in [3.05, 3.63) is 35.7 Å². The molecule has 0 bridgehead atoms. The predicted octanol–water partition coefficient (Wildman–Crippen LogP) is 2.40. The highest BCUT2D eigenvalue weighted by atomic mass is 14.9. The zero-order chi connectivity index (χ0) is 11.0. The lowest BCUT2D eigenvalue weighted by Gasteiger charge is -2.24. The molecule has 0 radical (unpaired) electrons. The van der Waals surface area contributed by atoms with Crippen LogP contribution in [0.1, 0.15) is 24.0 Å². The number of allylic oxidation sites excluding steroid dienone is 2. The maximum Gasteiger partial charge on any atom is 0.0343 e. The summed E-state index contributed by atoms with van der Waals surface area (Å²) in [5.41, 5.74) is 4.08. The minimum absolute atomic E-state index is 0.848. The molecule has 84 valence electrons. The van der Waals surface area contributed by atoms with Crippen LogP contribution in [-0.4, -0.2) is 18.1 Å². The highest BCUT2D eigenvalue weighted by Crippen LogP contribution is 2.36. The van der Waals surface area contributed by atoms with Crippen molar-refractivity contribution in [1.29, 1.82) is 0 Å². The Morgan fingerprint density at radius 1 is 1.25 bits per heavy atom. The van der Waals surface area contributed by atoms with E-state index >= 15 is 0 Å². The van der Waals surface area contributed by atoms with Gasteiger partial charge in [0.1, 0.15) is 0 Å². The van der Waals surface area contributed by atoms with E-state index in [0.29, 0.717) is 0 Å². The maximum atomic E-state index is 4.29. The van der Waals surface area contributed by atoms with E-state index in [9.17, 15) is 0 Å². The molecular formula is C14H18N2. The monoisotopic (exact) mass is 214 g/mol. The molecule has 0 saturated carbocycles. The summed E-state index contributed by atoms with van der Waals surface area (Å²) < 4.78 is 0. The SMILES string of the molecule is Cc1cncc(C2=CC[C@H]3CNC[C@H]3C2)c1. The lowest BCUT2D eigenvalue weighted by Crippen LogP contribution is -2.16. The fourth-order valence-electron chi connectivity index (χ4n) is 2.93. The lowest BCUT2D eigenvalue weighted by molar-refractivity contribution is 0.418. The Hall–Kier alpha value is -1.15. The van der Waals surface area contributed by atoms with Crippen molar-refractivity contribution in [2.75, 3.05) is 13.1 Å². The first-order valence-corrected chi connectivity index (χ1v) is 6.15. The fraction of sp³-hybridized carbons (Fsp3) is 0.500. The summed E-state index contributed by atoms with van der Waals surface area (Å²) in [6.07, 6.45) is 8.81. The molecule has 0 amide bonds. The highest BCUT2D eigenvalue weighted by Gasteiger charge is 2.30. The Bertz CT molecular complexity index is 422. The summed E-state index contributed by atoms with van der Waals surface area (Å²) >= 11 is 0. The Morgan fingerprint density at radius 2 is 2.12 bits per heavy atom. The van der Waals surface area contributed by atoms with Gasteiger partial charge in [-0.25, -0.2) is 0 Å². The number of hydrogen-bond acceptors (Lipinski definition) is 2. The predicted molar refractivity (Wildman–Crippen MR) is 66.0 cm³/mol. The largest absolute Gasteiger partial charge is 0.316 e. The molecule has 2 heterocycles.